The van der Waals surface area contributed by atoms with Gasteiger partial charge >= 0.3 is 12.0 Å². The number of carbonyl (C=O) groups is 2. The lowest BCUT2D eigenvalue weighted by Crippen LogP contribution is -2.41. The van der Waals surface area contributed by atoms with Crippen LogP contribution in [0.4, 0.5) is 4.79 Å². The Bertz CT molecular complexity index is 422. The highest BCUT2D eigenvalue weighted by Crippen LogP contribution is 2.05. The molecule has 1 aromatic heterocycles. The molecule has 19 heavy (non-hydrogen) atoms. The van der Waals surface area contributed by atoms with Crippen molar-refractivity contribution >= 4 is 12.0 Å². The third kappa shape index (κ3) is 4.95. The zero-order chi connectivity index (χ0) is 14.3. The van der Waals surface area contributed by atoms with Crippen LogP contribution in [0.1, 0.15) is 18.9 Å². The highest BCUT2D eigenvalue weighted by atomic mass is 16.4. The molecule has 1 rings (SSSR count). The van der Waals surface area contributed by atoms with E-state index in [1.54, 1.807) is 24.3 Å². The lowest BCUT2D eigenvalue weighted by Gasteiger charge is -2.26. The van der Waals surface area contributed by atoms with Gasteiger partial charge in [-0.25, -0.2) is 4.79 Å². The normalized spacial score (nSPS) is 10.0. The summed E-state index contributed by atoms with van der Waals surface area (Å²) in [4.78, 5) is 29.7. The molecule has 6 heteroatoms. The fraction of sp³-hybridized carbons (Fsp3) is 0.462. The van der Waals surface area contributed by atoms with Gasteiger partial charge in [-0.05, 0) is 24.6 Å². The van der Waals surface area contributed by atoms with Crippen LogP contribution in [-0.4, -0.2) is 52.0 Å². The van der Waals surface area contributed by atoms with E-state index in [0.29, 0.717) is 13.1 Å². The van der Waals surface area contributed by atoms with E-state index in [0.717, 1.165) is 5.56 Å². The van der Waals surface area contributed by atoms with Gasteiger partial charge < -0.3 is 14.9 Å². The van der Waals surface area contributed by atoms with Crippen molar-refractivity contribution in [3.63, 3.8) is 0 Å². The highest BCUT2D eigenvalue weighted by Gasteiger charge is 2.17. The lowest BCUT2D eigenvalue weighted by molar-refractivity contribution is -0.137. The Morgan fingerprint density at radius 1 is 1.32 bits per heavy atom. The molecule has 0 saturated carbocycles. The first kappa shape index (κ1) is 14.9. The molecule has 1 N–H and O–H groups in total. The van der Waals surface area contributed by atoms with Crippen LogP contribution in [0.15, 0.2) is 24.5 Å². The number of urea groups is 1. The monoisotopic (exact) mass is 265 g/mol. The molecule has 0 saturated heterocycles. The van der Waals surface area contributed by atoms with E-state index >= 15 is 0 Å². The number of hydrogen-bond donors (Lipinski definition) is 1. The summed E-state index contributed by atoms with van der Waals surface area (Å²) in [5.74, 6) is -0.900. The molecule has 0 aromatic carbocycles. The van der Waals surface area contributed by atoms with E-state index in [-0.39, 0.29) is 19.0 Å². The summed E-state index contributed by atoms with van der Waals surface area (Å²) < 4.78 is 0. The number of carbonyl (C=O) groups excluding carboxylic acids is 1. The van der Waals surface area contributed by atoms with Gasteiger partial charge in [0.15, 0.2) is 0 Å². The Labute approximate surface area is 112 Å². The number of nitrogens with zero attached hydrogens (tertiary/aromatic N) is 3. The van der Waals surface area contributed by atoms with Gasteiger partial charge in [-0.15, -0.1) is 0 Å². The average molecular weight is 265 g/mol. The summed E-state index contributed by atoms with van der Waals surface area (Å²) in [5, 5.41) is 8.65. The average Bonchev–Trinajstić information content (AvgIpc) is 2.40. The fourth-order valence-corrected chi connectivity index (χ4v) is 1.69. The summed E-state index contributed by atoms with van der Waals surface area (Å²) in [6, 6.07) is 3.52. The van der Waals surface area contributed by atoms with Crippen molar-refractivity contribution in [1.29, 1.82) is 0 Å². The van der Waals surface area contributed by atoms with Crippen LogP contribution < -0.4 is 0 Å². The largest absolute Gasteiger partial charge is 0.481 e. The molecule has 1 aromatic rings. The maximum absolute atomic E-state index is 12.1. The first-order valence-corrected chi connectivity index (χ1v) is 6.15. The van der Waals surface area contributed by atoms with Crippen molar-refractivity contribution in [2.45, 2.75) is 19.9 Å². The first-order chi connectivity index (χ1) is 9.04. The minimum atomic E-state index is -0.900. The topological polar surface area (TPSA) is 73.7 Å². The number of aromatic nitrogens is 1. The Morgan fingerprint density at radius 3 is 2.47 bits per heavy atom. The number of aliphatic carboxylic acids is 1. The second-order valence-corrected chi connectivity index (χ2v) is 4.22. The highest BCUT2D eigenvalue weighted by molar-refractivity contribution is 5.75. The molecule has 0 spiro atoms. The van der Waals surface area contributed by atoms with Crippen molar-refractivity contribution in [2.24, 2.45) is 0 Å². The van der Waals surface area contributed by atoms with Crippen molar-refractivity contribution in [1.82, 2.24) is 14.8 Å². The van der Waals surface area contributed by atoms with Crippen molar-refractivity contribution in [3.05, 3.63) is 30.1 Å². The van der Waals surface area contributed by atoms with Crippen LogP contribution in [-0.2, 0) is 11.3 Å². The minimum Gasteiger partial charge on any atom is -0.481 e. The summed E-state index contributed by atoms with van der Waals surface area (Å²) in [6.07, 6.45) is 3.31. The maximum Gasteiger partial charge on any atom is 0.320 e. The predicted molar refractivity (Wildman–Crippen MR) is 70.6 cm³/mol. The standard InChI is InChI=1S/C13H19N3O3/c1-3-16(9-6-12(17)18)13(19)15(2)10-11-4-7-14-8-5-11/h4-5,7-8H,3,6,9-10H2,1-2H3,(H,17,18). The fourth-order valence-electron chi connectivity index (χ4n) is 1.69. The SMILES string of the molecule is CCN(CCC(=O)O)C(=O)N(C)Cc1ccncc1. The molecule has 1 heterocycles. The number of pyridine rings is 1. The number of hydrogen-bond acceptors (Lipinski definition) is 3. The third-order valence-corrected chi connectivity index (χ3v) is 2.74. The lowest BCUT2D eigenvalue weighted by atomic mass is 10.2. The molecular formula is C13H19N3O3. The van der Waals surface area contributed by atoms with Gasteiger partial charge in [0, 0.05) is 39.1 Å². The Morgan fingerprint density at radius 2 is 1.95 bits per heavy atom. The predicted octanol–water partition coefficient (Wildman–Crippen LogP) is 1.43. The van der Waals surface area contributed by atoms with Gasteiger partial charge in [-0.3, -0.25) is 9.78 Å². The van der Waals surface area contributed by atoms with Crippen LogP contribution in [0.25, 0.3) is 0 Å². The smallest absolute Gasteiger partial charge is 0.320 e. The van der Waals surface area contributed by atoms with Gasteiger partial charge in [-0.1, -0.05) is 0 Å². The van der Waals surface area contributed by atoms with Crippen molar-refractivity contribution < 1.29 is 14.7 Å². The molecule has 0 atom stereocenters. The Balaban J connectivity index is 2.56. The van der Waals surface area contributed by atoms with Crippen LogP contribution in [0, 0.1) is 0 Å². The maximum atomic E-state index is 12.1. The zero-order valence-corrected chi connectivity index (χ0v) is 11.2. The van der Waals surface area contributed by atoms with E-state index < -0.39 is 5.97 Å². The first-order valence-electron chi connectivity index (χ1n) is 6.15. The van der Waals surface area contributed by atoms with Gasteiger partial charge in [0.05, 0.1) is 6.42 Å². The van der Waals surface area contributed by atoms with E-state index in [4.69, 9.17) is 5.11 Å². The van der Waals surface area contributed by atoms with E-state index in [2.05, 4.69) is 4.98 Å². The number of rotatable bonds is 6. The molecule has 0 aliphatic carbocycles. The number of carboxylic acid groups (broad SMARTS) is 1. The summed E-state index contributed by atoms with van der Waals surface area (Å²) in [6.45, 7) is 3.03. The van der Waals surface area contributed by atoms with Crippen LogP contribution in [0.2, 0.25) is 0 Å². The van der Waals surface area contributed by atoms with Gasteiger partial charge in [0.2, 0.25) is 0 Å². The summed E-state index contributed by atoms with van der Waals surface area (Å²) in [5.41, 5.74) is 0.986. The van der Waals surface area contributed by atoms with Crippen LogP contribution in [0.5, 0.6) is 0 Å². The van der Waals surface area contributed by atoms with Gasteiger partial charge in [0.1, 0.15) is 0 Å². The van der Waals surface area contributed by atoms with E-state index in [1.165, 1.54) is 4.90 Å². The Kier molecular flexibility index (Phi) is 5.78. The molecular weight excluding hydrogens is 246 g/mol. The van der Waals surface area contributed by atoms with Gasteiger partial charge in [-0.2, -0.15) is 0 Å². The number of amides is 2. The molecule has 2 amide bonds. The Hall–Kier alpha value is -2.11. The third-order valence-electron chi connectivity index (χ3n) is 2.74. The van der Waals surface area contributed by atoms with Crippen molar-refractivity contribution in [3.8, 4) is 0 Å². The summed E-state index contributed by atoms with van der Waals surface area (Å²) in [7, 11) is 1.70. The quantitative estimate of drug-likeness (QED) is 0.844. The van der Waals surface area contributed by atoms with Crippen LogP contribution >= 0.6 is 0 Å². The van der Waals surface area contributed by atoms with E-state index in [9.17, 15) is 9.59 Å². The second-order valence-electron chi connectivity index (χ2n) is 4.22. The molecule has 0 fully saturated rings. The zero-order valence-electron chi connectivity index (χ0n) is 11.2. The minimum absolute atomic E-state index is 0.0390. The van der Waals surface area contributed by atoms with Crippen molar-refractivity contribution in [2.75, 3.05) is 20.1 Å². The molecule has 0 radical (unpaired) electrons. The molecule has 0 bridgehead atoms. The second kappa shape index (κ2) is 7.35. The van der Waals surface area contributed by atoms with E-state index in [1.807, 2.05) is 19.1 Å². The molecule has 0 unspecified atom stereocenters. The molecule has 0 aliphatic heterocycles. The number of carboxylic acids is 1. The van der Waals surface area contributed by atoms with Gasteiger partial charge in [0.25, 0.3) is 0 Å². The molecule has 104 valence electrons. The summed E-state index contributed by atoms with van der Waals surface area (Å²) >= 11 is 0. The van der Waals surface area contributed by atoms with Crippen LogP contribution in [0.3, 0.4) is 0 Å². The molecule has 0 aliphatic rings. The molecule has 6 nitrogen and oxygen atoms in total.